The van der Waals surface area contributed by atoms with Gasteiger partial charge in [-0.2, -0.15) is 8.42 Å². The highest BCUT2D eigenvalue weighted by Gasteiger charge is 2.30. The summed E-state index contributed by atoms with van der Waals surface area (Å²) in [5.74, 6) is 0.324. The summed E-state index contributed by atoms with van der Waals surface area (Å²) in [6.07, 6.45) is 0. The van der Waals surface area contributed by atoms with Crippen LogP contribution in [0.5, 0.6) is 5.75 Å². The average Bonchev–Trinajstić information content (AvgIpc) is 2.95. The van der Waals surface area contributed by atoms with Gasteiger partial charge >= 0.3 is 10.1 Å². The Balaban J connectivity index is 1.70. The van der Waals surface area contributed by atoms with Crippen LogP contribution in [0, 0.1) is 6.92 Å². The van der Waals surface area contributed by atoms with Crippen LogP contribution >= 0.6 is 0 Å². The summed E-state index contributed by atoms with van der Waals surface area (Å²) in [6, 6.07) is 38.7. The van der Waals surface area contributed by atoms with E-state index in [-0.39, 0.29) is 17.0 Å². The Labute approximate surface area is 225 Å². The summed E-state index contributed by atoms with van der Waals surface area (Å²) in [6.45, 7) is 4.09. The van der Waals surface area contributed by atoms with Gasteiger partial charge in [-0.25, -0.2) is 0 Å². The largest absolute Gasteiger partial charge is 0.379 e. The van der Waals surface area contributed by atoms with Crippen LogP contribution in [0.25, 0.3) is 10.8 Å². The van der Waals surface area contributed by atoms with Crippen molar-refractivity contribution in [2.75, 3.05) is 7.05 Å². The van der Waals surface area contributed by atoms with E-state index in [2.05, 4.69) is 43.1 Å². The maximum Gasteiger partial charge on any atom is 0.339 e. The molecule has 0 amide bonds. The van der Waals surface area contributed by atoms with Gasteiger partial charge in [-0.15, -0.1) is 0 Å². The minimum atomic E-state index is -4.05. The molecular weight excluding hydrogens is 490 g/mol. The van der Waals surface area contributed by atoms with Crippen molar-refractivity contribution in [3.8, 4) is 5.75 Å². The van der Waals surface area contributed by atoms with Gasteiger partial charge in [0.1, 0.15) is 10.6 Å². The van der Waals surface area contributed by atoms with Crippen molar-refractivity contribution in [1.82, 2.24) is 4.90 Å². The molecule has 0 N–H and O–H groups in total. The van der Waals surface area contributed by atoms with E-state index in [0.29, 0.717) is 5.75 Å². The summed E-state index contributed by atoms with van der Waals surface area (Å²) < 4.78 is 32.8. The SMILES string of the molecule is Cc1ccc(S(=O)(=O)Oc2ccc3ccccc3c2[C@H](c2ccccc2)N(C)[C@@H](C)c2ccccc2)cc1. The molecule has 5 heteroatoms. The monoisotopic (exact) mass is 521 g/mol. The second kappa shape index (κ2) is 10.8. The maximum absolute atomic E-state index is 13.4. The molecule has 0 aliphatic carbocycles. The van der Waals surface area contributed by atoms with Gasteiger partial charge < -0.3 is 4.18 Å². The fraction of sp³-hybridized carbons (Fsp3) is 0.152. The van der Waals surface area contributed by atoms with Crippen molar-refractivity contribution in [3.05, 3.63) is 144 Å². The summed E-state index contributed by atoms with van der Waals surface area (Å²) >= 11 is 0. The molecule has 0 aliphatic rings. The highest BCUT2D eigenvalue weighted by Crippen LogP contribution is 2.43. The third-order valence-corrected chi connectivity index (χ3v) is 8.38. The lowest BCUT2D eigenvalue weighted by Crippen LogP contribution is -2.29. The molecule has 2 atom stereocenters. The molecule has 5 aromatic rings. The predicted octanol–water partition coefficient (Wildman–Crippen LogP) is 7.70. The van der Waals surface area contributed by atoms with E-state index < -0.39 is 10.1 Å². The molecule has 38 heavy (non-hydrogen) atoms. The average molecular weight is 522 g/mol. The summed E-state index contributed by atoms with van der Waals surface area (Å²) in [4.78, 5) is 2.40. The van der Waals surface area contributed by atoms with Crippen LogP contribution in [-0.2, 0) is 10.1 Å². The van der Waals surface area contributed by atoms with Gasteiger partial charge in [0.2, 0.25) is 0 Å². The molecule has 0 fully saturated rings. The first-order valence-electron chi connectivity index (χ1n) is 12.7. The topological polar surface area (TPSA) is 46.6 Å². The molecule has 0 unspecified atom stereocenters. The minimum Gasteiger partial charge on any atom is -0.379 e. The van der Waals surface area contributed by atoms with E-state index in [0.717, 1.165) is 27.5 Å². The number of aryl methyl sites for hydroxylation is 1. The molecule has 0 radical (unpaired) electrons. The molecule has 0 aliphatic heterocycles. The molecular formula is C33H31NO3S. The Bertz CT molecular complexity index is 1630. The van der Waals surface area contributed by atoms with E-state index in [1.165, 1.54) is 5.56 Å². The van der Waals surface area contributed by atoms with Gasteiger partial charge in [0.15, 0.2) is 0 Å². The van der Waals surface area contributed by atoms with Crippen LogP contribution in [0.2, 0.25) is 0 Å². The molecule has 0 spiro atoms. The zero-order valence-corrected chi connectivity index (χ0v) is 22.6. The van der Waals surface area contributed by atoms with Crippen LogP contribution < -0.4 is 4.18 Å². The fourth-order valence-electron chi connectivity index (χ4n) is 4.93. The van der Waals surface area contributed by atoms with Crippen LogP contribution in [0.4, 0.5) is 0 Å². The highest BCUT2D eigenvalue weighted by atomic mass is 32.2. The Morgan fingerprint density at radius 2 is 1.26 bits per heavy atom. The number of nitrogens with zero attached hydrogens (tertiary/aromatic N) is 1. The molecule has 5 aromatic carbocycles. The van der Waals surface area contributed by atoms with Crippen LogP contribution in [0.3, 0.4) is 0 Å². The first-order chi connectivity index (χ1) is 18.3. The molecule has 0 aromatic heterocycles. The van der Waals surface area contributed by atoms with E-state index >= 15 is 0 Å². The Morgan fingerprint density at radius 3 is 1.92 bits per heavy atom. The van der Waals surface area contributed by atoms with Gasteiger partial charge in [0, 0.05) is 11.6 Å². The van der Waals surface area contributed by atoms with Gasteiger partial charge in [-0.05, 0) is 61.0 Å². The van der Waals surface area contributed by atoms with Gasteiger partial charge in [-0.3, -0.25) is 4.90 Å². The lowest BCUT2D eigenvalue weighted by molar-refractivity contribution is 0.212. The standard InChI is InChI=1S/C33H31NO3S/c1-24-18-21-29(22-19-24)38(35,36)37-31-23-20-27-14-10-11-17-30(27)32(31)33(28-15-8-5-9-16-28)34(3)25(2)26-12-6-4-7-13-26/h4-23,25,33H,1-3H3/t25-,33-/m0/s1. The van der Waals surface area contributed by atoms with Gasteiger partial charge in [0.05, 0.1) is 6.04 Å². The number of fused-ring (bicyclic) bond motifs is 1. The zero-order chi connectivity index (χ0) is 26.7. The highest BCUT2D eigenvalue weighted by molar-refractivity contribution is 7.87. The van der Waals surface area contributed by atoms with Crippen molar-refractivity contribution in [3.63, 3.8) is 0 Å². The van der Waals surface area contributed by atoms with Crippen molar-refractivity contribution in [2.24, 2.45) is 0 Å². The van der Waals surface area contributed by atoms with Crippen LogP contribution in [0.1, 0.15) is 41.3 Å². The van der Waals surface area contributed by atoms with Crippen molar-refractivity contribution in [2.45, 2.75) is 30.8 Å². The maximum atomic E-state index is 13.4. The number of hydrogen-bond donors (Lipinski definition) is 0. The molecule has 4 nitrogen and oxygen atoms in total. The molecule has 0 saturated heterocycles. The van der Waals surface area contributed by atoms with Crippen molar-refractivity contribution in [1.29, 1.82) is 0 Å². The lowest BCUT2D eigenvalue weighted by atomic mass is 9.90. The zero-order valence-electron chi connectivity index (χ0n) is 21.8. The molecule has 5 rings (SSSR count). The summed E-state index contributed by atoms with van der Waals surface area (Å²) in [5.41, 5.74) is 4.02. The normalized spacial score (nSPS) is 13.4. The predicted molar refractivity (Wildman–Crippen MR) is 154 cm³/mol. The summed E-state index contributed by atoms with van der Waals surface area (Å²) in [7, 11) is -1.97. The molecule has 192 valence electrons. The molecule has 0 heterocycles. The number of hydrogen-bond acceptors (Lipinski definition) is 4. The van der Waals surface area contributed by atoms with Crippen molar-refractivity contribution < 1.29 is 12.6 Å². The summed E-state index contributed by atoms with van der Waals surface area (Å²) in [5, 5.41) is 1.97. The quantitative estimate of drug-likeness (QED) is 0.196. The van der Waals surface area contributed by atoms with Crippen LogP contribution in [0.15, 0.2) is 126 Å². The van der Waals surface area contributed by atoms with E-state index in [1.54, 1.807) is 30.3 Å². The number of benzene rings is 5. The van der Waals surface area contributed by atoms with Crippen LogP contribution in [-0.4, -0.2) is 20.4 Å². The second-order valence-corrected chi connectivity index (χ2v) is 11.2. The third kappa shape index (κ3) is 5.21. The third-order valence-electron chi connectivity index (χ3n) is 7.13. The minimum absolute atomic E-state index is 0.0435. The molecule has 0 saturated carbocycles. The van der Waals surface area contributed by atoms with Gasteiger partial charge in [-0.1, -0.05) is 109 Å². The Morgan fingerprint density at radius 1 is 0.684 bits per heavy atom. The Kier molecular flexibility index (Phi) is 7.32. The second-order valence-electron chi connectivity index (χ2n) is 9.61. The lowest BCUT2D eigenvalue weighted by Gasteiger charge is -2.35. The van der Waals surface area contributed by atoms with E-state index in [4.69, 9.17) is 4.18 Å². The van der Waals surface area contributed by atoms with Gasteiger partial charge in [0.25, 0.3) is 0 Å². The number of rotatable bonds is 8. The van der Waals surface area contributed by atoms with E-state index in [1.807, 2.05) is 73.7 Å². The fourth-order valence-corrected chi connectivity index (χ4v) is 5.88. The Hall–Kier alpha value is -3.93. The first-order valence-corrected chi connectivity index (χ1v) is 14.1. The molecule has 0 bridgehead atoms. The van der Waals surface area contributed by atoms with E-state index in [9.17, 15) is 8.42 Å². The first kappa shape index (κ1) is 25.7. The van der Waals surface area contributed by atoms with Crippen molar-refractivity contribution >= 4 is 20.9 Å². The smallest absolute Gasteiger partial charge is 0.339 e.